The fourth-order valence-electron chi connectivity index (χ4n) is 3.75. The first-order chi connectivity index (χ1) is 15.6. The molecule has 1 aliphatic rings. The van der Waals surface area contributed by atoms with Gasteiger partial charge in [0.05, 0.1) is 0 Å². The van der Waals surface area contributed by atoms with Crippen molar-refractivity contribution in [2.75, 3.05) is 17.2 Å². The Morgan fingerprint density at radius 2 is 1.88 bits per heavy atom. The van der Waals surface area contributed by atoms with Crippen LogP contribution in [0.2, 0.25) is 0 Å². The van der Waals surface area contributed by atoms with E-state index in [9.17, 15) is 9.59 Å². The molecule has 0 radical (unpaired) electrons. The molecule has 4 rings (SSSR count). The Kier molecular flexibility index (Phi) is 8.16. The zero-order valence-corrected chi connectivity index (χ0v) is 22.5. The molecular weight excluding hydrogens is 575 g/mol. The van der Waals surface area contributed by atoms with Crippen molar-refractivity contribution in [3.8, 4) is 22.5 Å². The minimum atomic E-state index is -0.447. The molecule has 0 saturated heterocycles. The van der Waals surface area contributed by atoms with Crippen molar-refractivity contribution in [2.45, 2.75) is 19.4 Å². The number of carbonyl (C=O) groups excluding carboxylic acids is 2. The summed E-state index contributed by atoms with van der Waals surface area (Å²) >= 11 is 0.956. The van der Waals surface area contributed by atoms with E-state index >= 15 is 0 Å². The number of benzene rings is 2. The number of para-hydroxylation sites is 1. The standard InChI is InChI=1S/C21H23IN5O2P2S/c28-18(13-32-31)23-11-5-10-19(29)26-12-14-6-1-2-7-15(14)20-21(27(22-30)25-24-20)16-8-3-4-9-17(16)26/h1-4,6-9H,5,10-13,30-31H2,(H,23,28)/q-1. The first-order valence-corrected chi connectivity index (χ1v) is 17.6. The van der Waals surface area contributed by atoms with Crippen molar-refractivity contribution in [3.05, 3.63) is 54.1 Å². The number of nitrogens with one attached hydrogen (secondary N) is 1. The molecule has 1 N–H and O–H groups in total. The first-order valence-electron chi connectivity index (χ1n) is 10.00. The van der Waals surface area contributed by atoms with Gasteiger partial charge < -0.3 is 0 Å². The summed E-state index contributed by atoms with van der Waals surface area (Å²) in [7, 11) is 2.47. The third-order valence-corrected chi connectivity index (χ3v) is 8.55. The number of halogens is 1. The maximum absolute atomic E-state index is 13.4. The van der Waals surface area contributed by atoms with Crippen molar-refractivity contribution in [3.63, 3.8) is 0 Å². The average molecular weight is 598 g/mol. The van der Waals surface area contributed by atoms with Gasteiger partial charge in [-0.15, -0.1) is 11.4 Å². The molecule has 168 valence electrons. The van der Waals surface area contributed by atoms with Gasteiger partial charge >= 0.3 is 187 Å². The molecule has 2 atom stereocenters. The van der Waals surface area contributed by atoms with Gasteiger partial charge in [0, 0.05) is 0 Å². The molecule has 1 aliphatic heterocycles. The third-order valence-electron chi connectivity index (χ3n) is 5.18. The number of fused-ring (bicyclic) bond motifs is 5. The summed E-state index contributed by atoms with van der Waals surface area (Å²) in [5.41, 5.74) is 5.68. The van der Waals surface area contributed by atoms with Crippen LogP contribution in [0.15, 0.2) is 48.5 Å². The van der Waals surface area contributed by atoms with E-state index in [0.29, 0.717) is 31.7 Å². The van der Waals surface area contributed by atoms with Gasteiger partial charge in [0.2, 0.25) is 0 Å². The topological polar surface area (TPSA) is 80.1 Å². The van der Waals surface area contributed by atoms with Gasteiger partial charge in [0.25, 0.3) is 0 Å². The molecular formula is C21H23IN5O2P2S-. The van der Waals surface area contributed by atoms with Crippen LogP contribution in [0.4, 0.5) is 5.69 Å². The molecule has 1 aromatic heterocycles. The van der Waals surface area contributed by atoms with Crippen LogP contribution >= 0.6 is 26.7 Å². The Bertz CT molecular complexity index is 1140. The molecule has 7 nitrogen and oxygen atoms in total. The van der Waals surface area contributed by atoms with E-state index in [1.807, 2.05) is 56.3 Å². The Morgan fingerprint density at radius 3 is 2.66 bits per heavy atom. The summed E-state index contributed by atoms with van der Waals surface area (Å²) in [6, 6.07) is 16.0. The van der Waals surface area contributed by atoms with Crippen LogP contribution in [0.25, 0.3) is 22.5 Å². The second kappa shape index (κ2) is 11.1. The maximum atomic E-state index is 13.4. The Morgan fingerprint density at radius 1 is 1.12 bits per heavy atom. The average Bonchev–Trinajstić information content (AvgIpc) is 3.23. The Labute approximate surface area is 205 Å². The van der Waals surface area contributed by atoms with Crippen LogP contribution in [0.1, 0.15) is 18.4 Å². The SMILES string of the molecule is O=C(CSP)NCCCC(=O)N1Cc2ccccc2-c2nnn([I-]P)c2-c2ccccc21. The van der Waals surface area contributed by atoms with E-state index in [1.54, 1.807) is 0 Å². The van der Waals surface area contributed by atoms with Gasteiger partial charge in [0.15, 0.2) is 0 Å². The predicted molar refractivity (Wildman–Crippen MR) is 132 cm³/mol. The molecule has 0 saturated carbocycles. The Balaban J connectivity index is 1.68. The van der Waals surface area contributed by atoms with Crippen molar-refractivity contribution in [2.24, 2.45) is 0 Å². The molecule has 0 aliphatic carbocycles. The van der Waals surface area contributed by atoms with Gasteiger partial charge in [-0.3, -0.25) is 0 Å². The predicted octanol–water partition coefficient (Wildman–Crippen LogP) is 0.521. The van der Waals surface area contributed by atoms with E-state index in [2.05, 4.69) is 31.0 Å². The number of aromatic nitrogens is 3. The van der Waals surface area contributed by atoms with Gasteiger partial charge in [0.1, 0.15) is 0 Å². The summed E-state index contributed by atoms with van der Waals surface area (Å²) in [4.78, 5) is 26.9. The molecule has 2 heterocycles. The zero-order chi connectivity index (χ0) is 22.5. The van der Waals surface area contributed by atoms with Gasteiger partial charge in [-0.05, 0) is 0 Å². The monoisotopic (exact) mass is 598 g/mol. The summed E-state index contributed by atoms with van der Waals surface area (Å²) in [5, 5.41) is 11.8. The van der Waals surface area contributed by atoms with Crippen molar-refractivity contribution >= 4 is 44.2 Å². The molecule has 11 heteroatoms. The summed E-state index contributed by atoms with van der Waals surface area (Å²) in [6.45, 7) is 3.75. The van der Waals surface area contributed by atoms with Gasteiger partial charge in [-0.2, -0.15) is 0 Å². The number of carbonyl (C=O) groups is 2. The van der Waals surface area contributed by atoms with Crippen LogP contribution in [0.3, 0.4) is 0 Å². The van der Waals surface area contributed by atoms with Crippen LogP contribution in [0, 0.1) is 0 Å². The fraction of sp³-hybridized carbons (Fsp3) is 0.238. The molecule has 0 spiro atoms. The quantitative estimate of drug-likeness (QED) is 0.244. The molecule has 3 aromatic rings. The minimum absolute atomic E-state index is 0.0167. The number of anilines is 1. The second-order valence-corrected chi connectivity index (χ2v) is 11.6. The van der Waals surface area contributed by atoms with Crippen LogP contribution in [0.5, 0.6) is 0 Å². The molecule has 2 aromatic carbocycles. The zero-order valence-electron chi connectivity index (χ0n) is 17.2. The van der Waals surface area contributed by atoms with Crippen LogP contribution in [-0.4, -0.2) is 37.3 Å². The van der Waals surface area contributed by atoms with Crippen molar-refractivity contribution in [1.29, 1.82) is 0 Å². The first kappa shape index (κ1) is 23.6. The number of hydrogen-bond donors (Lipinski definition) is 1. The third kappa shape index (κ3) is 5.01. The summed E-state index contributed by atoms with van der Waals surface area (Å²) in [5.74, 6) is 0.416. The van der Waals surface area contributed by atoms with Crippen LogP contribution < -0.4 is 31.1 Å². The fourth-order valence-corrected chi connectivity index (χ4v) is 6.34. The molecule has 0 bridgehead atoms. The van der Waals surface area contributed by atoms with Crippen molar-refractivity contribution < 1.29 is 30.5 Å². The van der Waals surface area contributed by atoms with E-state index in [0.717, 1.165) is 33.8 Å². The second-order valence-electron chi connectivity index (χ2n) is 7.16. The normalized spacial score (nSPS) is 12.4. The van der Waals surface area contributed by atoms with E-state index in [4.69, 9.17) is 0 Å². The molecule has 2 unspecified atom stereocenters. The number of hydrogen-bond acceptors (Lipinski definition) is 5. The van der Waals surface area contributed by atoms with Gasteiger partial charge in [-0.1, -0.05) is 8.44 Å². The molecule has 2 amide bonds. The number of amides is 2. The van der Waals surface area contributed by atoms with E-state index in [1.165, 1.54) is 11.4 Å². The van der Waals surface area contributed by atoms with E-state index in [-0.39, 0.29) is 11.8 Å². The molecule has 0 fully saturated rings. The van der Waals surface area contributed by atoms with Crippen molar-refractivity contribution in [1.82, 2.24) is 18.5 Å². The Hall–Kier alpha value is -1.54. The number of nitrogens with zero attached hydrogens (tertiary/aromatic N) is 4. The number of rotatable bonds is 7. The van der Waals surface area contributed by atoms with Crippen LogP contribution in [-0.2, 0) is 16.1 Å². The molecule has 32 heavy (non-hydrogen) atoms. The summed E-state index contributed by atoms with van der Waals surface area (Å²) < 4.78 is 1.96. The van der Waals surface area contributed by atoms with Gasteiger partial charge in [-0.25, -0.2) is 0 Å². The summed E-state index contributed by atoms with van der Waals surface area (Å²) in [6.07, 6.45) is 0.944. The van der Waals surface area contributed by atoms with E-state index < -0.39 is 20.9 Å².